The van der Waals surface area contributed by atoms with Gasteiger partial charge in [-0.2, -0.15) is 0 Å². The predicted molar refractivity (Wildman–Crippen MR) is 105 cm³/mol. The number of amides is 1. The number of allylic oxidation sites excluding steroid dienone is 1. The molecular weight excluding hydrogens is 351 g/mol. The second-order valence-corrected chi connectivity index (χ2v) is 7.98. The van der Waals surface area contributed by atoms with E-state index in [1.807, 2.05) is 43.0 Å². The smallest absolute Gasteiger partial charge is 0.414 e. The maximum Gasteiger partial charge on any atom is 0.414 e. The lowest BCUT2D eigenvalue weighted by molar-refractivity contribution is 0.136. The van der Waals surface area contributed by atoms with Gasteiger partial charge in [-0.3, -0.25) is 9.21 Å². The van der Waals surface area contributed by atoms with E-state index in [0.717, 1.165) is 48.3 Å². The Labute approximate surface area is 159 Å². The zero-order valence-corrected chi connectivity index (χ0v) is 16.5. The standard InChI is InChI=1S/C20H27FN2O2S/c1-4-16(15(3)21)13-26-22-10-8-18(9-11-22)23-19-14(2)6-5-7-17(19)12-25-20(23)24/h4-7,15,18H,8-13H2,1-3H3/b16-4-. The molecule has 2 aliphatic rings. The highest BCUT2D eigenvalue weighted by Gasteiger charge is 2.35. The third kappa shape index (κ3) is 4.07. The number of rotatable bonds is 5. The van der Waals surface area contributed by atoms with Gasteiger partial charge in [-0.1, -0.05) is 36.2 Å². The van der Waals surface area contributed by atoms with E-state index >= 15 is 0 Å². The number of carbonyl (C=O) groups excluding carboxylic acids is 1. The van der Waals surface area contributed by atoms with Crippen molar-refractivity contribution in [3.05, 3.63) is 41.0 Å². The fraction of sp³-hybridized carbons (Fsp3) is 0.550. The van der Waals surface area contributed by atoms with Crippen molar-refractivity contribution in [2.45, 2.75) is 52.4 Å². The molecule has 2 aliphatic heterocycles. The SMILES string of the molecule is C/C=C(/CSN1CCC(N2C(=O)OCc3cccc(C)c32)CC1)C(C)F. The summed E-state index contributed by atoms with van der Waals surface area (Å²) in [7, 11) is 0. The van der Waals surface area contributed by atoms with Crippen molar-refractivity contribution in [3.8, 4) is 0 Å². The second kappa shape index (κ2) is 8.44. The van der Waals surface area contributed by atoms with E-state index in [-0.39, 0.29) is 12.1 Å². The fourth-order valence-electron chi connectivity index (χ4n) is 3.64. The molecule has 1 aromatic carbocycles. The molecule has 1 atom stereocenters. The molecule has 1 unspecified atom stereocenters. The first-order valence-corrected chi connectivity index (χ1v) is 10.2. The van der Waals surface area contributed by atoms with E-state index in [4.69, 9.17) is 4.74 Å². The van der Waals surface area contributed by atoms with Crippen LogP contribution >= 0.6 is 11.9 Å². The zero-order valence-electron chi connectivity index (χ0n) is 15.7. The second-order valence-electron chi connectivity index (χ2n) is 6.92. The van der Waals surface area contributed by atoms with Gasteiger partial charge in [-0.25, -0.2) is 9.18 Å². The van der Waals surface area contributed by atoms with E-state index in [2.05, 4.69) is 4.31 Å². The van der Waals surface area contributed by atoms with Crippen LogP contribution in [0.15, 0.2) is 29.8 Å². The minimum absolute atomic E-state index is 0.154. The van der Waals surface area contributed by atoms with Crippen LogP contribution in [0, 0.1) is 6.92 Å². The first-order valence-electron chi connectivity index (χ1n) is 9.22. The minimum atomic E-state index is -0.896. The monoisotopic (exact) mass is 378 g/mol. The first-order chi connectivity index (χ1) is 12.5. The summed E-state index contributed by atoms with van der Waals surface area (Å²) in [4.78, 5) is 14.3. The number of halogens is 1. The van der Waals surface area contributed by atoms with Crippen molar-refractivity contribution in [2.24, 2.45) is 0 Å². The number of hydrogen-bond acceptors (Lipinski definition) is 4. The predicted octanol–water partition coefficient (Wildman–Crippen LogP) is 4.87. The van der Waals surface area contributed by atoms with Crippen LogP contribution in [0.3, 0.4) is 0 Å². The lowest BCUT2D eigenvalue weighted by Crippen LogP contribution is -2.48. The molecule has 26 heavy (non-hydrogen) atoms. The van der Waals surface area contributed by atoms with Crippen molar-refractivity contribution >= 4 is 23.7 Å². The van der Waals surface area contributed by atoms with Crippen molar-refractivity contribution in [2.75, 3.05) is 23.7 Å². The van der Waals surface area contributed by atoms with Crippen LogP contribution in [0.2, 0.25) is 0 Å². The Morgan fingerprint density at radius 3 is 2.81 bits per heavy atom. The molecule has 0 aliphatic carbocycles. The molecule has 0 bridgehead atoms. The van der Waals surface area contributed by atoms with Gasteiger partial charge in [-0.15, -0.1) is 0 Å². The van der Waals surface area contributed by atoms with E-state index in [1.165, 1.54) is 0 Å². The summed E-state index contributed by atoms with van der Waals surface area (Å²) in [6.45, 7) is 7.65. The number of anilines is 1. The summed E-state index contributed by atoms with van der Waals surface area (Å²) < 4.78 is 21.2. The normalized spacial score (nSPS) is 20.7. The number of piperidine rings is 1. The summed E-state index contributed by atoms with van der Waals surface area (Å²) in [5, 5.41) is 0. The lowest BCUT2D eigenvalue weighted by Gasteiger charge is -2.40. The van der Waals surface area contributed by atoms with Crippen molar-refractivity contribution in [1.82, 2.24) is 4.31 Å². The first kappa shape index (κ1) is 19.2. The Bertz CT molecular complexity index is 684. The van der Waals surface area contributed by atoms with Crippen LogP contribution in [-0.4, -0.2) is 41.5 Å². The van der Waals surface area contributed by atoms with Gasteiger partial charge in [0.1, 0.15) is 12.8 Å². The minimum Gasteiger partial charge on any atom is -0.444 e. The van der Waals surface area contributed by atoms with Crippen molar-refractivity contribution in [3.63, 3.8) is 0 Å². The molecule has 4 nitrogen and oxygen atoms in total. The molecule has 0 aromatic heterocycles. The third-order valence-corrected chi connectivity index (χ3v) is 6.39. The number of cyclic esters (lactones) is 1. The number of benzene rings is 1. The summed E-state index contributed by atoms with van der Waals surface area (Å²) in [6, 6.07) is 6.24. The number of para-hydroxylation sites is 1. The Balaban J connectivity index is 1.63. The lowest BCUT2D eigenvalue weighted by atomic mass is 10.00. The van der Waals surface area contributed by atoms with Crippen LogP contribution in [0.4, 0.5) is 14.9 Å². The number of carbonyl (C=O) groups is 1. The van der Waals surface area contributed by atoms with Gasteiger partial charge in [0.25, 0.3) is 0 Å². The topological polar surface area (TPSA) is 32.8 Å². The van der Waals surface area contributed by atoms with Crippen LogP contribution in [0.5, 0.6) is 0 Å². The highest BCUT2D eigenvalue weighted by Crippen LogP contribution is 2.35. The number of hydrogen-bond donors (Lipinski definition) is 0. The number of alkyl halides is 1. The molecule has 3 rings (SSSR count). The molecule has 1 amide bonds. The number of aryl methyl sites for hydroxylation is 1. The van der Waals surface area contributed by atoms with Gasteiger partial charge in [0.2, 0.25) is 0 Å². The maximum absolute atomic E-state index is 13.5. The van der Waals surface area contributed by atoms with E-state index in [9.17, 15) is 9.18 Å². The van der Waals surface area contributed by atoms with Gasteiger partial charge in [0.15, 0.2) is 0 Å². The van der Waals surface area contributed by atoms with Crippen molar-refractivity contribution < 1.29 is 13.9 Å². The third-order valence-electron chi connectivity index (χ3n) is 5.19. The van der Waals surface area contributed by atoms with Crippen molar-refractivity contribution in [1.29, 1.82) is 0 Å². The number of ether oxygens (including phenoxy) is 1. The van der Waals surface area contributed by atoms with Crippen LogP contribution in [-0.2, 0) is 11.3 Å². The average molecular weight is 379 g/mol. The van der Waals surface area contributed by atoms with Crippen LogP contribution < -0.4 is 4.90 Å². The molecule has 0 saturated carbocycles. The summed E-state index contributed by atoms with van der Waals surface area (Å²) in [5.41, 5.74) is 4.06. The average Bonchev–Trinajstić information content (AvgIpc) is 2.63. The Morgan fingerprint density at radius 1 is 1.42 bits per heavy atom. The van der Waals surface area contributed by atoms with Gasteiger partial charge >= 0.3 is 6.09 Å². The molecule has 1 saturated heterocycles. The van der Waals surface area contributed by atoms with Crippen LogP contribution in [0.1, 0.15) is 37.8 Å². The highest BCUT2D eigenvalue weighted by molar-refractivity contribution is 7.97. The molecule has 0 spiro atoms. The maximum atomic E-state index is 13.5. The molecule has 2 heterocycles. The zero-order chi connectivity index (χ0) is 18.7. The highest BCUT2D eigenvalue weighted by atomic mass is 32.2. The number of nitrogens with zero attached hydrogens (tertiary/aromatic N) is 2. The fourth-order valence-corrected chi connectivity index (χ4v) is 4.83. The van der Waals surface area contributed by atoms with E-state index in [1.54, 1.807) is 18.9 Å². The summed E-state index contributed by atoms with van der Waals surface area (Å²) in [6.07, 6.45) is 2.53. The number of fused-ring (bicyclic) bond motifs is 1. The van der Waals surface area contributed by atoms with E-state index < -0.39 is 6.17 Å². The molecule has 6 heteroatoms. The van der Waals surface area contributed by atoms with Gasteiger partial charge in [0, 0.05) is 30.4 Å². The largest absolute Gasteiger partial charge is 0.444 e. The molecule has 1 aromatic rings. The summed E-state index contributed by atoms with van der Waals surface area (Å²) in [5.74, 6) is 0.687. The molecule has 0 radical (unpaired) electrons. The molecule has 142 valence electrons. The van der Waals surface area contributed by atoms with Gasteiger partial charge < -0.3 is 4.74 Å². The Kier molecular flexibility index (Phi) is 6.24. The molecular formula is C20H27FN2O2S. The Hall–Kier alpha value is -1.53. The van der Waals surface area contributed by atoms with Gasteiger partial charge in [0.05, 0.1) is 5.69 Å². The summed E-state index contributed by atoms with van der Waals surface area (Å²) >= 11 is 1.69. The van der Waals surface area contributed by atoms with Crippen LogP contribution in [0.25, 0.3) is 0 Å². The Morgan fingerprint density at radius 2 is 2.15 bits per heavy atom. The van der Waals surface area contributed by atoms with Gasteiger partial charge in [-0.05, 0) is 44.7 Å². The molecule has 1 fully saturated rings. The van der Waals surface area contributed by atoms with E-state index in [0.29, 0.717) is 12.4 Å². The molecule has 0 N–H and O–H groups in total. The quantitative estimate of drug-likeness (QED) is 0.541.